The molecule has 12 aromatic carbocycles. The van der Waals surface area contributed by atoms with Crippen molar-refractivity contribution in [3.63, 3.8) is 0 Å². The summed E-state index contributed by atoms with van der Waals surface area (Å²) in [5.41, 5.74) is 21.4. The summed E-state index contributed by atoms with van der Waals surface area (Å²) in [4.78, 5) is 4.78. The molecule has 332 valence electrons. The molecule has 2 aliphatic rings. The SMILES string of the molecule is c1ccc(N(c2ccc(N(c3ccc(-c4ccc5ccccc5c4)cc3)c3ccc(-c4ccc5ccccc5c4)cc3)cc2)c2ccc3c(c2)C2(c4ccccc4-c4ccccc42)c2ccccc2-3)cc1. The number of benzene rings is 12. The number of rotatable bonds is 8. The molecule has 2 heteroatoms. The molecule has 0 saturated carbocycles. The summed E-state index contributed by atoms with van der Waals surface area (Å²) in [7, 11) is 0. The highest BCUT2D eigenvalue weighted by atomic mass is 15.2. The first-order valence-electron chi connectivity index (χ1n) is 24.6. The van der Waals surface area contributed by atoms with Gasteiger partial charge in [-0.25, -0.2) is 0 Å². The number of fused-ring (bicyclic) bond motifs is 12. The molecule has 0 aromatic heterocycles. The van der Waals surface area contributed by atoms with Crippen molar-refractivity contribution in [2.24, 2.45) is 0 Å². The summed E-state index contributed by atoms with van der Waals surface area (Å²) in [6.45, 7) is 0. The lowest BCUT2D eigenvalue weighted by molar-refractivity contribution is 0.793. The third-order valence-electron chi connectivity index (χ3n) is 15.0. The Bertz CT molecular complexity index is 3800. The molecule has 0 amide bonds. The minimum absolute atomic E-state index is 0.435. The maximum Gasteiger partial charge on any atom is 0.0726 e. The van der Waals surface area contributed by atoms with E-state index in [1.54, 1.807) is 0 Å². The van der Waals surface area contributed by atoms with Crippen LogP contribution in [0.25, 0.3) is 66.1 Å². The average Bonchev–Trinajstić information content (AvgIpc) is 3.92. The topological polar surface area (TPSA) is 6.48 Å². The Morgan fingerprint density at radius 1 is 0.197 bits per heavy atom. The largest absolute Gasteiger partial charge is 0.311 e. The van der Waals surface area contributed by atoms with Gasteiger partial charge in [0.2, 0.25) is 0 Å². The monoisotopic (exact) mass is 902 g/mol. The van der Waals surface area contributed by atoms with E-state index in [2.05, 4.69) is 289 Å². The summed E-state index contributed by atoms with van der Waals surface area (Å²) >= 11 is 0. The first-order chi connectivity index (χ1) is 35.2. The molecule has 0 N–H and O–H groups in total. The standard InChI is InChI=1S/C69H46N2/c1-2-18-55(19-3-1)71(60-42-43-64-63-22-10-13-25-67(63)69(68(64)46-60)65-23-11-8-20-61(65)62-21-9-12-24-66(62)69)59-40-38-58(39-41-59)70(56-34-30-49(31-35-56)53-28-26-47-14-4-6-16-51(47)44-53)57-36-32-50(33-37-57)54-29-27-48-15-5-7-17-52(48)45-54/h1-46H. The van der Waals surface area contributed by atoms with Gasteiger partial charge < -0.3 is 9.80 Å². The van der Waals surface area contributed by atoms with Gasteiger partial charge in [0, 0.05) is 34.1 Å². The Morgan fingerprint density at radius 2 is 0.521 bits per heavy atom. The Kier molecular flexibility index (Phi) is 9.47. The molecule has 0 heterocycles. The third kappa shape index (κ3) is 6.57. The molecule has 0 unspecified atom stereocenters. The van der Waals surface area contributed by atoms with Gasteiger partial charge in [-0.3, -0.25) is 0 Å². The van der Waals surface area contributed by atoms with Crippen molar-refractivity contribution in [1.82, 2.24) is 0 Å². The second-order valence-electron chi connectivity index (χ2n) is 18.9. The molecule has 1 spiro atoms. The van der Waals surface area contributed by atoms with Gasteiger partial charge >= 0.3 is 0 Å². The Balaban J connectivity index is 0.880. The Morgan fingerprint density at radius 3 is 0.986 bits per heavy atom. The van der Waals surface area contributed by atoms with Gasteiger partial charge in [-0.2, -0.15) is 0 Å². The molecule has 71 heavy (non-hydrogen) atoms. The first-order valence-corrected chi connectivity index (χ1v) is 24.6. The lowest BCUT2D eigenvalue weighted by Crippen LogP contribution is -2.26. The van der Waals surface area contributed by atoms with Gasteiger partial charge in [0.1, 0.15) is 0 Å². The van der Waals surface area contributed by atoms with E-state index in [4.69, 9.17) is 0 Å². The lowest BCUT2D eigenvalue weighted by Gasteiger charge is -2.32. The summed E-state index contributed by atoms with van der Waals surface area (Å²) in [6.07, 6.45) is 0. The predicted octanol–water partition coefficient (Wildman–Crippen LogP) is 18.6. The summed E-state index contributed by atoms with van der Waals surface area (Å²) in [6, 6.07) is 103. The molecule has 0 fully saturated rings. The van der Waals surface area contributed by atoms with E-state index < -0.39 is 5.41 Å². The zero-order chi connectivity index (χ0) is 46.9. The fourth-order valence-corrected chi connectivity index (χ4v) is 11.8. The molecule has 2 nitrogen and oxygen atoms in total. The number of hydrogen-bond donors (Lipinski definition) is 0. The zero-order valence-electron chi connectivity index (χ0n) is 39.0. The van der Waals surface area contributed by atoms with Gasteiger partial charge in [0.25, 0.3) is 0 Å². The van der Waals surface area contributed by atoms with Crippen LogP contribution in [0.2, 0.25) is 0 Å². The van der Waals surface area contributed by atoms with Gasteiger partial charge in [-0.1, -0.05) is 194 Å². The molecular weight excluding hydrogens is 857 g/mol. The van der Waals surface area contributed by atoms with Crippen LogP contribution < -0.4 is 9.80 Å². The minimum atomic E-state index is -0.435. The van der Waals surface area contributed by atoms with Crippen molar-refractivity contribution < 1.29 is 0 Å². The smallest absolute Gasteiger partial charge is 0.0726 e. The molecule has 12 aromatic rings. The van der Waals surface area contributed by atoms with Crippen molar-refractivity contribution in [2.45, 2.75) is 5.41 Å². The molecule has 14 rings (SSSR count). The van der Waals surface area contributed by atoms with Crippen LogP contribution in [0.1, 0.15) is 22.3 Å². The molecule has 0 bridgehead atoms. The predicted molar refractivity (Wildman–Crippen MR) is 298 cm³/mol. The lowest BCUT2D eigenvalue weighted by atomic mass is 9.70. The summed E-state index contributed by atoms with van der Waals surface area (Å²) in [5.74, 6) is 0. The van der Waals surface area contributed by atoms with Gasteiger partial charge in [-0.15, -0.1) is 0 Å². The van der Waals surface area contributed by atoms with E-state index in [1.165, 1.54) is 88.3 Å². The molecule has 0 radical (unpaired) electrons. The number of para-hydroxylation sites is 1. The first kappa shape index (κ1) is 40.8. The highest BCUT2D eigenvalue weighted by Gasteiger charge is 2.51. The normalized spacial score (nSPS) is 12.6. The fraction of sp³-hybridized carbons (Fsp3) is 0.0145. The second-order valence-corrected chi connectivity index (χ2v) is 18.9. The third-order valence-corrected chi connectivity index (χ3v) is 15.0. The van der Waals surface area contributed by atoms with Crippen LogP contribution in [-0.2, 0) is 5.41 Å². The van der Waals surface area contributed by atoms with Crippen molar-refractivity contribution in [3.05, 3.63) is 301 Å². The van der Waals surface area contributed by atoms with Crippen molar-refractivity contribution >= 4 is 55.7 Å². The molecule has 0 atom stereocenters. The highest BCUT2D eigenvalue weighted by Crippen LogP contribution is 2.63. The molecule has 0 saturated heterocycles. The number of hydrogen-bond acceptors (Lipinski definition) is 2. The Labute approximate surface area is 414 Å². The second kappa shape index (κ2) is 16.5. The summed E-state index contributed by atoms with van der Waals surface area (Å²) < 4.78 is 0. The van der Waals surface area contributed by atoms with Crippen LogP contribution in [0.3, 0.4) is 0 Å². The van der Waals surface area contributed by atoms with Crippen LogP contribution >= 0.6 is 0 Å². The van der Waals surface area contributed by atoms with Gasteiger partial charge in [0.15, 0.2) is 0 Å². The fourth-order valence-electron chi connectivity index (χ4n) is 11.8. The van der Waals surface area contributed by atoms with Gasteiger partial charge in [-0.05, 0) is 173 Å². The zero-order valence-corrected chi connectivity index (χ0v) is 39.0. The van der Waals surface area contributed by atoms with Crippen molar-refractivity contribution in [3.8, 4) is 44.5 Å². The van der Waals surface area contributed by atoms with E-state index in [9.17, 15) is 0 Å². The number of anilines is 6. The number of nitrogens with zero attached hydrogens (tertiary/aromatic N) is 2. The van der Waals surface area contributed by atoms with Crippen molar-refractivity contribution in [1.29, 1.82) is 0 Å². The maximum absolute atomic E-state index is 2.47. The summed E-state index contributed by atoms with van der Waals surface area (Å²) in [5, 5.41) is 4.98. The van der Waals surface area contributed by atoms with E-state index in [0.717, 1.165) is 34.1 Å². The Hall–Kier alpha value is -9.24. The van der Waals surface area contributed by atoms with Crippen LogP contribution in [-0.4, -0.2) is 0 Å². The van der Waals surface area contributed by atoms with E-state index >= 15 is 0 Å². The van der Waals surface area contributed by atoms with E-state index in [1.807, 2.05) is 0 Å². The van der Waals surface area contributed by atoms with Crippen molar-refractivity contribution in [2.75, 3.05) is 9.80 Å². The maximum atomic E-state index is 2.47. The van der Waals surface area contributed by atoms with Crippen LogP contribution in [0.15, 0.2) is 279 Å². The molecular formula is C69H46N2. The quantitative estimate of drug-likeness (QED) is 0.150. The molecule has 0 aliphatic heterocycles. The average molecular weight is 903 g/mol. The highest BCUT2D eigenvalue weighted by molar-refractivity contribution is 5.97. The van der Waals surface area contributed by atoms with Gasteiger partial charge in [0.05, 0.1) is 5.41 Å². The van der Waals surface area contributed by atoms with Crippen LogP contribution in [0.5, 0.6) is 0 Å². The van der Waals surface area contributed by atoms with E-state index in [0.29, 0.717) is 0 Å². The van der Waals surface area contributed by atoms with E-state index in [-0.39, 0.29) is 0 Å². The molecule has 2 aliphatic carbocycles. The van der Waals surface area contributed by atoms with Crippen LogP contribution in [0, 0.1) is 0 Å². The van der Waals surface area contributed by atoms with Crippen LogP contribution in [0.4, 0.5) is 34.1 Å². The minimum Gasteiger partial charge on any atom is -0.311 e.